The summed E-state index contributed by atoms with van der Waals surface area (Å²) in [6.45, 7) is 0. The number of aromatic nitrogens is 4. The molecule has 2 rings (SSSR count). The molecule has 7 heteroatoms. The van der Waals surface area contributed by atoms with Crippen molar-refractivity contribution in [2.75, 3.05) is 7.11 Å². The molecule has 0 radical (unpaired) electrons. The number of nitrogens with zero attached hydrogens (tertiary/aromatic N) is 4. The molecule has 16 heavy (non-hydrogen) atoms. The minimum Gasteiger partial charge on any atom is -0.480 e. The van der Waals surface area contributed by atoms with Crippen LogP contribution in [0.25, 0.3) is 5.69 Å². The van der Waals surface area contributed by atoms with Crippen molar-refractivity contribution in [3.63, 3.8) is 0 Å². The van der Waals surface area contributed by atoms with Crippen molar-refractivity contribution >= 4 is 5.97 Å². The molecule has 0 fully saturated rings. The monoisotopic (exact) mass is 220 g/mol. The lowest BCUT2D eigenvalue weighted by Crippen LogP contribution is -2.10. The van der Waals surface area contributed by atoms with Crippen molar-refractivity contribution in [3.8, 4) is 11.6 Å². The van der Waals surface area contributed by atoms with Gasteiger partial charge < -0.3 is 9.84 Å². The number of ether oxygens (including phenoxy) is 1. The van der Waals surface area contributed by atoms with E-state index in [0.29, 0.717) is 5.69 Å². The van der Waals surface area contributed by atoms with Gasteiger partial charge in [0.15, 0.2) is 0 Å². The summed E-state index contributed by atoms with van der Waals surface area (Å²) >= 11 is 0. The Hall–Kier alpha value is -2.44. The van der Waals surface area contributed by atoms with E-state index in [4.69, 9.17) is 9.84 Å². The Labute approximate surface area is 90.3 Å². The SMILES string of the molecule is COc1nccc(-n2nccn2)c1C(=O)O. The third-order valence-electron chi connectivity index (χ3n) is 1.94. The van der Waals surface area contributed by atoms with Gasteiger partial charge in [-0.05, 0) is 6.07 Å². The number of rotatable bonds is 3. The smallest absolute Gasteiger partial charge is 0.343 e. The average molecular weight is 220 g/mol. The summed E-state index contributed by atoms with van der Waals surface area (Å²) in [5.74, 6) is -1.11. The van der Waals surface area contributed by atoms with Crippen molar-refractivity contribution in [1.29, 1.82) is 0 Å². The van der Waals surface area contributed by atoms with Crippen LogP contribution in [0.15, 0.2) is 24.7 Å². The summed E-state index contributed by atoms with van der Waals surface area (Å²) in [7, 11) is 1.36. The minimum absolute atomic E-state index is 0.0299. The van der Waals surface area contributed by atoms with Crippen molar-refractivity contribution in [3.05, 3.63) is 30.2 Å². The van der Waals surface area contributed by atoms with E-state index in [-0.39, 0.29) is 11.4 Å². The zero-order valence-corrected chi connectivity index (χ0v) is 8.36. The van der Waals surface area contributed by atoms with Crippen molar-refractivity contribution in [1.82, 2.24) is 20.0 Å². The molecule has 2 heterocycles. The molecule has 0 amide bonds. The third-order valence-corrected chi connectivity index (χ3v) is 1.94. The molecule has 0 saturated carbocycles. The van der Waals surface area contributed by atoms with Gasteiger partial charge in [-0.1, -0.05) is 0 Å². The van der Waals surface area contributed by atoms with Crippen LogP contribution in [-0.2, 0) is 0 Å². The van der Waals surface area contributed by atoms with Crippen LogP contribution in [0, 0.1) is 0 Å². The first-order valence-electron chi connectivity index (χ1n) is 4.37. The number of hydrogen-bond acceptors (Lipinski definition) is 5. The molecule has 0 aliphatic heterocycles. The van der Waals surface area contributed by atoms with E-state index in [9.17, 15) is 4.79 Å². The predicted molar refractivity (Wildman–Crippen MR) is 52.7 cm³/mol. The Morgan fingerprint density at radius 3 is 2.62 bits per heavy atom. The van der Waals surface area contributed by atoms with Gasteiger partial charge in [-0.15, -0.1) is 0 Å². The van der Waals surface area contributed by atoms with E-state index in [1.807, 2.05) is 0 Å². The van der Waals surface area contributed by atoms with Gasteiger partial charge in [0.2, 0.25) is 5.88 Å². The maximum atomic E-state index is 11.1. The molecule has 82 valence electrons. The predicted octanol–water partition coefficient (Wildman–Crippen LogP) is 0.369. The summed E-state index contributed by atoms with van der Waals surface area (Å²) in [4.78, 5) is 16.1. The molecule has 0 aliphatic carbocycles. The Kier molecular flexibility index (Phi) is 2.50. The van der Waals surface area contributed by atoms with Gasteiger partial charge in [-0.3, -0.25) is 0 Å². The summed E-state index contributed by atoms with van der Waals surface area (Å²) in [6, 6.07) is 1.51. The number of methoxy groups -OCH3 is 1. The lowest BCUT2D eigenvalue weighted by molar-refractivity contribution is 0.0692. The molecule has 1 N–H and O–H groups in total. The van der Waals surface area contributed by atoms with E-state index < -0.39 is 5.97 Å². The number of carbonyl (C=O) groups is 1. The lowest BCUT2D eigenvalue weighted by Gasteiger charge is -2.07. The molecular formula is C9H8N4O3. The molecule has 2 aromatic rings. The molecule has 0 aromatic carbocycles. The molecule has 0 saturated heterocycles. The van der Waals surface area contributed by atoms with E-state index in [2.05, 4.69) is 15.2 Å². The van der Waals surface area contributed by atoms with Gasteiger partial charge in [-0.25, -0.2) is 9.78 Å². The molecule has 7 nitrogen and oxygen atoms in total. The summed E-state index contributed by atoms with van der Waals surface area (Å²) in [5, 5.41) is 16.8. The Bertz CT molecular complexity index is 509. The highest BCUT2D eigenvalue weighted by Crippen LogP contribution is 2.21. The number of carboxylic acids is 1. The van der Waals surface area contributed by atoms with Crippen molar-refractivity contribution in [2.45, 2.75) is 0 Å². The molecule has 0 spiro atoms. The van der Waals surface area contributed by atoms with Crippen molar-refractivity contribution < 1.29 is 14.6 Å². The highest BCUT2D eigenvalue weighted by atomic mass is 16.5. The van der Waals surface area contributed by atoms with Crippen LogP contribution in [0.2, 0.25) is 0 Å². The van der Waals surface area contributed by atoms with E-state index in [1.54, 1.807) is 0 Å². The minimum atomic E-state index is -1.14. The van der Waals surface area contributed by atoms with E-state index >= 15 is 0 Å². The van der Waals surface area contributed by atoms with Crippen molar-refractivity contribution in [2.24, 2.45) is 0 Å². The van der Waals surface area contributed by atoms with Gasteiger partial charge in [0.05, 0.1) is 19.5 Å². The quantitative estimate of drug-likeness (QED) is 0.803. The first kappa shape index (κ1) is 10.1. The van der Waals surface area contributed by atoms with E-state index in [1.165, 1.54) is 36.6 Å². The van der Waals surface area contributed by atoms with Gasteiger partial charge in [0.25, 0.3) is 0 Å². The number of pyridine rings is 1. The van der Waals surface area contributed by atoms with E-state index in [0.717, 1.165) is 0 Å². The highest BCUT2D eigenvalue weighted by molar-refractivity contribution is 5.94. The standard InChI is InChI=1S/C9H8N4O3/c1-16-8-7(9(14)15)6(2-3-10-8)13-11-4-5-12-13/h2-5H,1H3,(H,14,15). The second-order valence-electron chi connectivity index (χ2n) is 2.84. The number of hydrogen-bond donors (Lipinski definition) is 1. The van der Waals surface area contributed by atoms with Gasteiger partial charge in [0.1, 0.15) is 11.3 Å². The maximum Gasteiger partial charge on any atom is 0.343 e. The van der Waals surface area contributed by atoms with Gasteiger partial charge in [-0.2, -0.15) is 15.0 Å². The zero-order valence-electron chi connectivity index (χ0n) is 8.36. The van der Waals surface area contributed by atoms with Crippen LogP contribution in [0.5, 0.6) is 5.88 Å². The first-order chi connectivity index (χ1) is 7.74. The fourth-order valence-corrected chi connectivity index (χ4v) is 1.30. The van der Waals surface area contributed by atoms with Crippen LogP contribution >= 0.6 is 0 Å². The maximum absolute atomic E-state index is 11.1. The lowest BCUT2D eigenvalue weighted by atomic mass is 10.2. The summed E-state index contributed by atoms with van der Waals surface area (Å²) in [5.41, 5.74) is 0.241. The Balaban J connectivity index is 2.65. The van der Waals surface area contributed by atoms with Crippen LogP contribution in [-0.4, -0.2) is 38.2 Å². The Morgan fingerprint density at radius 2 is 2.06 bits per heavy atom. The summed E-state index contributed by atoms with van der Waals surface area (Å²) < 4.78 is 4.88. The fraction of sp³-hybridized carbons (Fsp3) is 0.111. The average Bonchev–Trinajstić information content (AvgIpc) is 2.81. The van der Waals surface area contributed by atoms with Crippen LogP contribution in [0.4, 0.5) is 0 Å². The van der Waals surface area contributed by atoms with Gasteiger partial charge >= 0.3 is 5.97 Å². The van der Waals surface area contributed by atoms with Gasteiger partial charge in [0, 0.05) is 6.20 Å². The Morgan fingerprint density at radius 1 is 1.38 bits per heavy atom. The summed E-state index contributed by atoms with van der Waals surface area (Å²) in [6.07, 6.45) is 4.35. The number of carboxylic acid groups (broad SMARTS) is 1. The fourth-order valence-electron chi connectivity index (χ4n) is 1.30. The molecule has 2 aromatic heterocycles. The van der Waals surface area contributed by atoms with Crippen LogP contribution in [0.3, 0.4) is 0 Å². The normalized spacial score (nSPS) is 10.1. The highest BCUT2D eigenvalue weighted by Gasteiger charge is 2.19. The topological polar surface area (TPSA) is 90.1 Å². The zero-order chi connectivity index (χ0) is 11.5. The molecular weight excluding hydrogens is 212 g/mol. The first-order valence-corrected chi connectivity index (χ1v) is 4.37. The second-order valence-corrected chi connectivity index (χ2v) is 2.84. The number of aromatic carboxylic acids is 1. The third kappa shape index (κ3) is 1.58. The largest absolute Gasteiger partial charge is 0.480 e. The molecule has 0 aliphatic rings. The molecule has 0 atom stereocenters. The second kappa shape index (κ2) is 3.97. The molecule has 0 unspecified atom stereocenters. The van der Waals surface area contributed by atoms with Crippen LogP contribution < -0.4 is 4.74 Å². The van der Waals surface area contributed by atoms with Crippen LogP contribution in [0.1, 0.15) is 10.4 Å². The molecule has 0 bridgehead atoms.